The molecule has 3 aromatic heterocycles. The SMILES string of the molecule is c1c[nH]cn1.c1c[nH]cn1.c1ccnnc1. The van der Waals surface area contributed by atoms with Gasteiger partial charge in [0.15, 0.2) is 0 Å². The zero-order chi connectivity index (χ0) is 11.3. The van der Waals surface area contributed by atoms with Crippen molar-refractivity contribution in [1.29, 1.82) is 0 Å². The highest BCUT2D eigenvalue weighted by atomic mass is 15.1. The van der Waals surface area contributed by atoms with Gasteiger partial charge in [-0.15, -0.1) is 0 Å². The third-order valence-electron chi connectivity index (χ3n) is 1.30. The van der Waals surface area contributed by atoms with Gasteiger partial charge in [0, 0.05) is 37.2 Å². The van der Waals surface area contributed by atoms with Crippen LogP contribution in [0.4, 0.5) is 0 Å². The van der Waals surface area contributed by atoms with Gasteiger partial charge in [-0.3, -0.25) is 0 Å². The molecule has 0 saturated heterocycles. The second-order valence-corrected chi connectivity index (χ2v) is 2.44. The first-order valence-corrected chi connectivity index (χ1v) is 4.57. The van der Waals surface area contributed by atoms with Gasteiger partial charge in [-0.1, -0.05) is 0 Å². The molecule has 6 nitrogen and oxygen atoms in total. The Labute approximate surface area is 92.8 Å². The van der Waals surface area contributed by atoms with Crippen LogP contribution >= 0.6 is 0 Å². The highest BCUT2D eigenvalue weighted by Gasteiger charge is 1.59. The number of H-pyrrole nitrogens is 2. The molecule has 6 heteroatoms. The Bertz CT molecular complexity index is 307. The Balaban J connectivity index is 0.000000121. The number of aromatic amines is 2. The zero-order valence-corrected chi connectivity index (χ0v) is 8.56. The Morgan fingerprint density at radius 1 is 0.625 bits per heavy atom. The van der Waals surface area contributed by atoms with Crippen LogP contribution in [-0.4, -0.2) is 30.1 Å². The van der Waals surface area contributed by atoms with Crippen LogP contribution in [-0.2, 0) is 0 Å². The normalized spacial score (nSPS) is 8.00. The number of nitrogens with one attached hydrogen (secondary N) is 2. The highest BCUT2D eigenvalue weighted by Crippen LogP contribution is 1.68. The van der Waals surface area contributed by atoms with Crippen molar-refractivity contribution in [3.05, 3.63) is 62.0 Å². The lowest BCUT2D eigenvalue weighted by Crippen LogP contribution is -1.69. The minimum absolute atomic E-state index is 1.62. The minimum atomic E-state index is 1.62. The summed E-state index contributed by atoms with van der Waals surface area (Å²) in [6.45, 7) is 0. The number of hydrogen-bond donors (Lipinski definition) is 2. The van der Waals surface area contributed by atoms with Gasteiger partial charge in [0.2, 0.25) is 0 Å². The predicted molar refractivity (Wildman–Crippen MR) is 59.2 cm³/mol. The van der Waals surface area contributed by atoms with E-state index < -0.39 is 0 Å². The van der Waals surface area contributed by atoms with E-state index in [4.69, 9.17) is 0 Å². The Morgan fingerprint density at radius 3 is 1.25 bits per heavy atom. The fourth-order valence-corrected chi connectivity index (χ4v) is 0.684. The van der Waals surface area contributed by atoms with Crippen LogP contribution in [0.25, 0.3) is 0 Å². The monoisotopic (exact) mass is 216 g/mol. The molecule has 3 aromatic rings. The van der Waals surface area contributed by atoms with Gasteiger partial charge < -0.3 is 9.97 Å². The molecule has 0 aliphatic rings. The summed E-state index contributed by atoms with van der Waals surface area (Å²) in [5, 5.41) is 7.07. The average molecular weight is 216 g/mol. The first-order chi connectivity index (χ1) is 8.00. The first-order valence-electron chi connectivity index (χ1n) is 4.57. The summed E-state index contributed by atoms with van der Waals surface area (Å²) in [7, 11) is 0. The molecule has 3 heterocycles. The van der Waals surface area contributed by atoms with Gasteiger partial charge in [0.1, 0.15) is 0 Å². The van der Waals surface area contributed by atoms with Crippen molar-refractivity contribution >= 4 is 0 Å². The van der Waals surface area contributed by atoms with Gasteiger partial charge in [-0.2, -0.15) is 10.2 Å². The summed E-state index contributed by atoms with van der Waals surface area (Å²) in [5.41, 5.74) is 0. The summed E-state index contributed by atoms with van der Waals surface area (Å²) in [4.78, 5) is 12.8. The standard InChI is InChI=1S/C4H4N2.2C3H4N2/c1-2-4-6-5-3-1;2*1-2-5-3-4-1/h1-4H;2*1-3H,(H,4,5). The van der Waals surface area contributed by atoms with Gasteiger partial charge in [-0.25, -0.2) is 9.97 Å². The van der Waals surface area contributed by atoms with Crippen LogP contribution in [0.2, 0.25) is 0 Å². The average Bonchev–Trinajstić information content (AvgIpc) is 3.10. The molecule has 16 heavy (non-hydrogen) atoms. The summed E-state index contributed by atoms with van der Waals surface area (Å²) >= 11 is 0. The Hall–Kier alpha value is -2.50. The summed E-state index contributed by atoms with van der Waals surface area (Å²) in [6, 6.07) is 3.65. The maximum atomic E-state index is 3.67. The second kappa shape index (κ2) is 9.07. The largest absolute Gasteiger partial charge is 0.351 e. The van der Waals surface area contributed by atoms with E-state index in [1.165, 1.54) is 0 Å². The number of rotatable bonds is 0. The van der Waals surface area contributed by atoms with E-state index in [1.54, 1.807) is 49.8 Å². The van der Waals surface area contributed by atoms with Crippen molar-refractivity contribution in [2.45, 2.75) is 0 Å². The Morgan fingerprint density at radius 2 is 1.12 bits per heavy atom. The van der Waals surface area contributed by atoms with E-state index in [2.05, 4.69) is 30.1 Å². The van der Waals surface area contributed by atoms with E-state index in [1.807, 2.05) is 12.1 Å². The molecule has 82 valence electrons. The lowest BCUT2D eigenvalue weighted by Gasteiger charge is -1.69. The fourth-order valence-electron chi connectivity index (χ4n) is 0.684. The molecule has 0 spiro atoms. The molecule has 0 radical (unpaired) electrons. The van der Waals surface area contributed by atoms with Crippen LogP contribution < -0.4 is 0 Å². The lowest BCUT2D eigenvalue weighted by molar-refractivity contribution is 1.03. The second-order valence-electron chi connectivity index (χ2n) is 2.44. The molecule has 0 fully saturated rings. The smallest absolute Gasteiger partial charge is 0.0919 e. The van der Waals surface area contributed by atoms with E-state index >= 15 is 0 Å². The maximum Gasteiger partial charge on any atom is 0.0919 e. The van der Waals surface area contributed by atoms with Gasteiger partial charge in [-0.05, 0) is 12.1 Å². The van der Waals surface area contributed by atoms with Crippen molar-refractivity contribution in [3.8, 4) is 0 Å². The highest BCUT2D eigenvalue weighted by molar-refractivity contribution is 4.79. The topological polar surface area (TPSA) is 83.1 Å². The molecule has 0 amide bonds. The molecule has 0 aliphatic carbocycles. The number of hydrogen-bond acceptors (Lipinski definition) is 4. The molecule has 3 rings (SSSR count). The van der Waals surface area contributed by atoms with Crippen LogP contribution in [0.15, 0.2) is 62.0 Å². The summed E-state index contributed by atoms with van der Waals surface area (Å²) in [5.74, 6) is 0. The van der Waals surface area contributed by atoms with E-state index in [0.29, 0.717) is 0 Å². The van der Waals surface area contributed by atoms with Crippen molar-refractivity contribution in [1.82, 2.24) is 30.1 Å². The minimum Gasteiger partial charge on any atom is -0.351 e. The van der Waals surface area contributed by atoms with Crippen LogP contribution in [0, 0.1) is 0 Å². The molecular formula is C10H12N6. The Kier molecular flexibility index (Phi) is 6.56. The molecule has 0 atom stereocenters. The number of nitrogens with zero attached hydrogens (tertiary/aromatic N) is 4. The molecule has 0 aliphatic heterocycles. The van der Waals surface area contributed by atoms with Gasteiger partial charge in [0.25, 0.3) is 0 Å². The number of aromatic nitrogens is 6. The van der Waals surface area contributed by atoms with Crippen LogP contribution in [0.3, 0.4) is 0 Å². The zero-order valence-electron chi connectivity index (χ0n) is 8.56. The van der Waals surface area contributed by atoms with E-state index in [9.17, 15) is 0 Å². The van der Waals surface area contributed by atoms with Gasteiger partial charge >= 0.3 is 0 Å². The quantitative estimate of drug-likeness (QED) is 0.593. The fraction of sp³-hybridized carbons (Fsp3) is 0. The summed E-state index contributed by atoms with van der Waals surface area (Å²) < 4.78 is 0. The van der Waals surface area contributed by atoms with Crippen molar-refractivity contribution in [3.63, 3.8) is 0 Å². The first kappa shape index (κ1) is 11.6. The third-order valence-corrected chi connectivity index (χ3v) is 1.30. The van der Waals surface area contributed by atoms with Gasteiger partial charge in [0.05, 0.1) is 12.7 Å². The molecule has 0 saturated carbocycles. The lowest BCUT2D eigenvalue weighted by atomic mass is 10.6. The van der Waals surface area contributed by atoms with E-state index in [0.717, 1.165) is 0 Å². The van der Waals surface area contributed by atoms with Crippen molar-refractivity contribution < 1.29 is 0 Å². The molecule has 0 bridgehead atoms. The van der Waals surface area contributed by atoms with E-state index in [-0.39, 0.29) is 0 Å². The third kappa shape index (κ3) is 6.96. The molecule has 0 aromatic carbocycles. The maximum absolute atomic E-state index is 3.67. The summed E-state index contributed by atoms with van der Waals surface area (Å²) in [6.07, 6.45) is 13.4. The van der Waals surface area contributed by atoms with Crippen LogP contribution in [0.5, 0.6) is 0 Å². The molecular weight excluding hydrogens is 204 g/mol. The van der Waals surface area contributed by atoms with Crippen molar-refractivity contribution in [2.24, 2.45) is 0 Å². The molecule has 2 N–H and O–H groups in total. The van der Waals surface area contributed by atoms with Crippen LogP contribution in [0.1, 0.15) is 0 Å². The number of imidazole rings is 2. The van der Waals surface area contributed by atoms with Crippen molar-refractivity contribution in [2.75, 3.05) is 0 Å². The molecule has 0 unspecified atom stereocenters. The predicted octanol–water partition coefficient (Wildman–Crippen LogP) is 1.30.